The second-order valence-corrected chi connectivity index (χ2v) is 5.82. The third kappa shape index (κ3) is 2.91. The van der Waals surface area contributed by atoms with Crippen molar-refractivity contribution in [2.24, 2.45) is 0 Å². The molecule has 0 heterocycles. The maximum atomic E-state index is 12.8. The Labute approximate surface area is 141 Å². The molecule has 3 aromatic carbocycles. The van der Waals surface area contributed by atoms with E-state index in [1.807, 2.05) is 50.2 Å². The van der Waals surface area contributed by atoms with Gasteiger partial charge in [-0.1, -0.05) is 72.8 Å². The van der Waals surface area contributed by atoms with Crippen LogP contribution < -0.4 is 0 Å². The van der Waals surface area contributed by atoms with Gasteiger partial charge < -0.3 is 0 Å². The van der Waals surface area contributed by atoms with Crippen LogP contribution in [0.4, 0.5) is 0 Å². The first-order valence-electron chi connectivity index (χ1n) is 7.89. The fourth-order valence-electron chi connectivity index (χ4n) is 2.80. The van der Waals surface area contributed by atoms with Crippen molar-refractivity contribution in [3.63, 3.8) is 0 Å². The molecule has 3 aromatic rings. The van der Waals surface area contributed by atoms with E-state index in [2.05, 4.69) is 0 Å². The number of Topliss-reactive ketones (excluding diaryl/α,β-unsaturated/α-hetero) is 2. The zero-order chi connectivity index (χ0) is 17.1. The van der Waals surface area contributed by atoms with Crippen LogP contribution in [0, 0.1) is 13.8 Å². The lowest BCUT2D eigenvalue weighted by Crippen LogP contribution is -2.15. The molecule has 0 N–H and O–H groups in total. The van der Waals surface area contributed by atoms with Gasteiger partial charge in [0.05, 0.1) is 0 Å². The smallest absolute Gasteiger partial charge is 0.234 e. The molecule has 0 spiro atoms. The van der Waals surface area contributed by atoms with Crippen molar-refractivity contribution in [1.82, 2.24) is 0 Å². The van der Waals surface area contributed by atoms with Crippen molar-refractivity contribution < 1.29 is 9.59 Å². The lowest BCUT2D eigenvalue weighted by atomic mass is 9.90. The summed E-state index contributed by atoms with van der Waals surface area (Å²) in [6.07, 6.45) is 0. The average molecular weight is 314 g/mol. The normalized spacial score (nSPS) is 10.4. The standard InChI is InChI=1S/C22H18O2/c1-15-9-8-14-18(16(15)2)19-12-6-7-13-20(19)22(24)21(23)17-10-4-3-5-11-17/h3-14H,1-2H3. The van der Waals surface area contributed by atoms with Crippen LogP contribution in [0.3, 0.4) is 0 Å². The Bertz CT molecular complexity index is 908. The van der Waals surface area contributed by atoms with Gasteiger partial charge in [-0.15, -0.1) is 0 Å². The SMILES string of the molecule is Cc1cccc(-c2ccccc2C(=O)C(=O)c2ccccc2)c1C. The summed E-state index contributed by atoms with van der Waals surface area (Å²) in [5, 5.41) is 0. The molecule has 3 rings (SSSR count). The molecule has 0 amide bonds. The van der Waals surface area contributed by atoms with E-state index in [1.54, 1.807) is 36.4 Å². The Kier molecular flexibility index (Phi) is 4.39. The molecule has 0 saturated heterocycles. The topological polar surface area (TPSA) is 34.1 Å². The first kappa shape index (κ1) is 15.9. The molecule has 0 saturated carbocycles. The van der Waals surface area contributed by atoms with E-state index in [0.29, 0.717) is 11.1 Å². The van der Waals surface area contributed by atoms with Crippen molar-refractivity contribution in [3.8, 4) is 11.1 Å². The molecular formula is C22H18O2. The summed E-state index contributed by atoms with van der Waals surface area (Å²) >= 11 is 0. The predicted octanol–water partition coefficient (Wildman–Crippen LogP) is 5.04. The Morgan fingerprint density at radius 1 is 0.625 bits per heavy atom. The van der Waals surface area contributed by atoms with Gasteiger partial charge >= 0.3 is 0 Å². The minimum atomic E-state index is -0.478. The van der Waals surface area contributed by atoms with Gasteiger partial charge in [-0.25, -0.2) is 0 Å². The second kappa shape index (κ2) is 6.63. The molecule has 0 bridgehead atoms. The van der Waals surface area contributed by atoms with Gasteiger partial charge in [0.25, 0.3) is 0 Å². The summed E-state index contributed by atoms with van der Waals surface area (Å²) in [6.45, 7) is 4.07. The fraction of sp³-hybridized carbons (Fsp3) is 0.0909. The van der Waals surface area contributed by atoms with Crippen LogP contribution in [-0.4, -0.2) is 11.6 Å². The van der Waals surface area contributed by atoms with Crippen molar-refractivity contribution in [2.45, 2.75) is 13.8 Å². The number of rotatable bonds is 4. The quantitative estimate of drug-likeness (QED) is 0.499. The molecule has 118 valence electrons. The minimum absolute atomic E-state index is 0.415. The van der Waals surface area contributed by atoms with Crippen LogP contribution >= 0.6 is 0 Å². The van der Waals surface area contributed by atoms with Gasteiger partial charge in [-0.3, -0.25) is 9.59 Å². The molecule has 0 fully saturated rings. The molecule has 0 atom stereocenters. The summed E-state index contributed by atoms with van der Waals surface area (Å²) in [7, 11) is 0. The maximum Gasteiger partial charge on any atom is 0.234 e. The van der Waals surface area contributed by atoms with E-state index in [-0.39, 0.29) is 0 Å². The van der Waals surface area contributed by atoms with Gasteiger partial charge in [0, 0.05) is 11.1 Å². The van der Waals surface area contributed by atoms with Crippen LogP contribution in [0.2, 0.25) is 0 Å². The highest BCUT2D eigenvalue weighted by Gasteiger charge is 2.21. The highest BCUT2D eigenvalue weighted by atomic mass is 16.2. The molecule has 2 nitrogen and oxygen atoms in total. The van der Waals surface area contributed by atoms with Crippen LogP contribution in [0.25, 0.3) is 11.1 Å². The molecule has 0 aliphatic rings. The zero-order valence-electron chi connectivity index (χ0n) is 13.7. The number of carbonyl (C=O) groups excluding carboxylic acids is 2. The molecule has 0 aliphatic carbocycles. The van der Waals surface area contributed by atoms with Gasteiger partial charge in [0.1, 0.15) is 0 Å². The predicted molar refractivity (Wildman–Crippen MR) is 96.5 cm³/mol. The largest absolute Gasteiger partial charge is 0.285 e. The highest BCUT2D eigenvalue weighted by molar-refractivity contribution is 6.50. The van der Waals surface area contributed by atoms with Crippen molar-refractivity contribution in [1.29, 1.82) is 0 Å². The van der Waals surface area contributed by atoms with Gasteiger partial charge in [-0.2, -0.15) is 0 Å². The second-order valence-electron chi connectivity index (χ2n) is 5.82. The van der Waals surface area contributed by atoms with E-state index in [0.717, 1.165) is 22.3 Å². The summed E-state index contributed by atoms with van der Waals surface area (Å²) in [5.74, 6) is -0.953. The highest BCUT2D eigenvalue weighted by Crippen LogP contribution is 2.29. The van der Waals surface area contributed by atoms with E-state index in [9.17, 15) is 9.59 Å². The number of hydrogen-bond acceptors (Lipinski definition) is 2. The van der Waals surface area contributed by atoms with Crippen LogP contribution in [-0.2, 0) is 0 Å². The van der Waals surface area contributed by atoms with E-state index in [4.69, 9.17) is 0 Å². The summed E-state index contributed by atoms with van der Waals surface area (Å²) in [5.41, 5.74) is 4.92. The Hall–Kier alpha value is -3.00. The van der Waals surface area contributed by atoms with Crippen molar-refractivity contribution in [2.75, 3.05) is 0 Å². The van der Waals surface area contributed by atoms with E-state index in [1.165, 1.54) is 0 Å². The van der Waals surface area contributed by atoms with Gasteiger partial charge in [0.2, 0.25) is 11.6 Å². The van der Waals surface area contributed by atoms with Crippen LogP contribution in [0.5, 0.6) is 0 Å². The lowest BCUT2D eigenvalue weighted by molar-refractivity contribution is 0.0817. The molecular weight excluding hydrogens is 296 g/mol. The molecule has 0 radical (unpaired) electrons. The Morgan fingerprint density at radius 3 is 2.00 bits per heavy atom. The number of carbonyl (C=O) groups is 2. The fourth-order valence-corrected chi connectivity index (χ4v) is 2.80. The first-order chi connectivity index (χ1) is 11.6. The van der Waals surface area contributed by atoms with E-state index < -0.39 is 11.6 Å². The molecule has 0 unspecified atom stereocenters. The minimum Gasteiger partial charge on any atom is -0.285 e. The summed E-state index contributed by atoms with van der Waals surface area (Å²) in [4.78, 5) is 25.3. The Balaban J connectivity index is 2.09. The van der Waals surface area contributed by atoms with Crippen LogP contribution in [0.15, 0.2) is 72.8 Å². The third-order valence-electron chi connectivity index (χ3n) is 4.31. The first-order valence-corrected chi connectivity index (χ1v) is 7.89. The molecule has 0 aliphatic heterocycles. The molecule has 0 aromatic heterocycles. The monoisotopic (exact) mass is 314 g/mol. The number of aryl methyl sites for hydroxylation is 1. The average Bonchev–Trinajstić information content (AvgIpc) is 2.63. The van der Waals surface area contributed by atoms with Crippen molar-refractivity contribution in [3.05, 3.63) is 95.1 Å². The summed E-state index contributed by atoms with van der Waals surface area (Å²) < 4.78 is 0. The molecule has 24 heavy (non-hydrogen) atoms. The lowest BCUT2D eigenvalue weighted by Gasteiger charge is -2.12. The third-order valence-corrected chi connectivity index (χ3v) is 4.31. The maximum absolute atomic E-state index is 12.8. The summed E-state index contributed by atoms with van der Waals surface area (Å²) in [6, 6.07) is 22.0. The van der Waals surface area contributed by atoms with Crippen molar-refractivity contribution >= 4 is 11.6 Å². The number of ketones is 2. The number of benzene rings is 3. The van der Waals surface area contributed by atoms with E-state index >= 15 is 0 Å². The Morgan fingerprint density at radius 2 is 1.25 bits per heavy atom. The number of hydrogen-bond donors (Lipinski definition) is 0. The zero-order valence-corrected chi connectivity index (χ0v) is 13.7. The van der Waals surface area contributed by atoms with Gasteiger partial charge in [0.15, 0.2) is 0 Å². The molecule has 2 heteroatoms. The van der Waals surface area contributed by atoms with Crippen LogP contribution in [0.1, 0.15) is 31.8 Å². The van der Waals surface area contributed by atoms with Gasteiger partial charge in [-0.05, 0) is 36.1 Å².